The van der Waals surface area contributed by atoms with E-state index >= 15 is 0 Å². The fraction of sp³-hybridized carbons (Fsp3) is 0.500. The molecule has 0 aliphatic heterocycles. The van der Waals surface area contributed by atoms with E-state index in [-0.39, 0.29) is 24.0 Å². The van der Waals surface area contributed by atoms with Crippen molar-refractivity contribution in [3.05, 3.63) is 53.5 Å². The maximum Gasteiger partial charge on any atom is 0.274 e. The summed E-state index contributed by atoms with van der Waals surface area (Å²) in [6.07, 6.45) is 5.81. The van der Waals surface area contributed by atoms with Crippen LogP contribution in [0.15, 0.2) is 36.5 Å². The van der Waals surface area contributed by atoms with Gasteiger partial charge in [0.25, 0.3) is 5.91 Å². The first-order chi connectivity index (χ1) is 16.0. The molecule has 34 heavy (non-hydrogen) atoms. The number of amides is 1. The number of aliphatic hydroxyl groups excluding tert-OH is 1. The van der Waals surface area contributed by atoms with E-state index in [1.807, 2.05) is 16.9 Å². The van der Waals surface area contributed by atoms with Crippen molar-refractivity contribution in [2.45, 2.75) is 70.7 Å². The summed E-state index contributed by atoms with van der Waals surface area (Å²) in [5.74, 6) is -0.120. The maximum atomic E-state index is 14.3. The first kappa shape index (κ1) is 24.3. The third kappa shape index (κ3) is 5.13. The predicted molar refractivity (Wildman–Crippen MR) is 129 cm³/mol. The number of halogens is 1. The van der Waals surface area contributed by atoms with E-state index in [9.17, 15) is 19.4 Å². The first-order valence-corrected chi connectivity index (χ1v) is 11.8. The lowest BCUT2D eigenvalue weighted by atomic mass is 9.87. The molecule has 0 unspecified atom stereocenters. The lowest BCUT2D eigenvalue weighted by Gasteiger charge is -2.27. The average Bonchev–Trinajstić information content (AvgIpc) is 3.20. The molecule has 3 N–H and O–H groups in total. The molecule has 0 saturated heterocycles. The number of rotatable bonds is 6. The molecule has 0 atom stereocenters. The van der Waals surface area contributed by atoms with Crippen LogP contribution in [0.2, 0.25) is 0 Å². The number of hydrogen-bond donors (Lipinski definition) is 3. The van der Waals surface area contributed by atoms with Gasteiger partial charge in [-0.05, 0) is 83.6 Å². The second kappa shape index (κ2) is 9.07. The summed E-state index contributed by atoms with van der Waals surface area (Å²) >= 11 is 0. The zero-order chi connectivity index (χ0) is 24.7. The molecule has 182 valence electrons. The third-order valence-electron chi connectivity index (χ3n) is 6.61. The van der Waals surface area contributed by atoms with E-state index in [1.54, 1.807) is 32.0 Å². The topological polar surface area (TPSA) is 100 Å². The molecule has 1 aliphatic carbocycles. The highest BCUT2D eigenvalue weighted by Gasteiger charge is 2.27. The van der Waals surface area contributed by atoms with Crippen LogP contribution < -0.4 is 5.32 Å². The summed E-state index contributed by atoms with van der Waals surface area (Å²) < 4.78 is 16.3. The molecule has 4 rings (SSSR count). The minimum atomic E-state index is -1.67. The Hall–Kier alpha value is -2.84. The lowest BCUT2D eigenvalue weighted by molar-refractivity contribution is 0.0793. The third-order valence-corrected chi connectivity index (χ3v) is 6.61. The summed E-state index contributed by atoms with van der Waals surface area (Å²) in [7, 11) is 0. The van der Waals surface area contributed by atoms with Crippen molar-refractivity contribution >= 4 is 22.5 Å². The van der Waals surface area contributed by atoms with Gasteiger partial charge in [0, 0.05) is 29.4 Å². The number of alkyl halides is 1. The summed E-state index contributed by atoms with van der Waals surface area (Å²) in [6.45, 7) is 6.33. The molecular weight excluding hydrogens is 435 g/mol. The molecule has 8 heteroatoms. The number of fused-ring (bicyclic) bond motifs is 1. The molecule has 1 amide bonds. The predicted octanol–water partition coefficient (Wildman–Crippen LogP) is 4.84. The summed E-state index contributed by atoms with van der Waals surface area (Å²) in [5.41, 5.74) is -0.894. The van der Waals surface area contributed by atoms with Gasteiger partial charge in [0.15, 0.2) is 0 Å². The van der Waals surface area contributed by atoms with E-state index in [0.717, 1.165) is 36.6 Å². The number of benzene rings is 1. The lowest BCUT2D eigenvalue weighted by Crippen LogP contribution is -2.22. The fourth-order valence-corrected chi connectivity index (χ4v) is 4.56. The van der Waals surface area contributed by atoms with Crippen molar-refractivity contribution < 1.29 is 19.4 Å². The van der Waals surface area contributed by atoms with Crippen LogP contribution in [0.25, 0.3) is 10.9 Å². The second-order valence-electron chi connectivity index (χ2n) is 10.3. The SMILES string of the molecule is CC(C)(O)c1cc2nn(C3CCC(CO)CC3)cc2cc1NC(=O)c1cccc(C(C)(C)F)n1. The number of aliphatic hydroxyl groups is 2. The Morgan fingerprint density at radius 2 is 1.88 bits per heavy atom. The maximum absolute atomic E-state index is 14.3. The number of hydrogen-bond acceptors (Lipinski definition) is 5. The van der Waals surface area contributed by atoms with E-state index < -0.39 is 17.2 Å². The molecule has 0 spiro atoms. The average molecular weight is 469 g/mol. The Bertz CT molecular complexity index is 1180. The van der Waals surface area contributed by atoms with Crippen molar-refractivity contribution in [1.82, 2.24) is 14.8 Å². The summed E-state index contributed by atoms with van der Waals surface area (Å²) in [6, 6.07) is 8.56. The van der Waals surface area contributed by atoms with E-state index in [2.05, 4.69) is 10.3 Å². The second-order valence-corrected chi connectivity index (χ2v) is 10.3. The molecule has 2 heterocycles. The minimum absolute atomic E-state index is 0.0985. The van der Waals surface area contributed by atoms with E-state index in [0.29, 0.717) is 17.2 Å². The molecular formula is C26H33FN4O3. The Balaban J connectivity index is 1.66. The molecule has 2 aromatic heterocycles. The molecule has 0 radical (unpaired) electrons. The Morgan fingerprint density at radius 1 is 1.18 bits per heavy atom. The van der Waals surface area contributed by atoms with Gasteiger partial charge in [-0.2, -0.15) is 5.10 Å². The number of anilines is 1. The molecule has 3 aromatic rings. The van der Waals surface area contributed by atoms with Gasteiger partial charge in [-0.1, -0.05) is 6.07 Å². The monoisotopic (exact) mass is 468 g/mol. The summed E-state index contributed by atoms with van der Waals surface area (Å²) in [5, 5.41) is 28.7. The zero-order valence-electron chi connectivity index (χ0n) is 20.2. The summed E-state index contributed by atoms with van der Waals surface area (Å²) in [4.78, 5) is 17.2. The van der Waals surface area contributed by atoms with Gasteiger partial charge >= 0.3 is 0 Å². The molecule has 1 aliphatic rings. The molecule has 1 aromatic carbocycles. The number of aromatic nitrogens is 3. The van der Waals surface area contributed by atoms with Gasteiger partial charge in [0.2, 0.25) is 0 Å². The van der Waals surface area contributed by atoms with Gasteiger partial charge in [-0.25, -0.2) is 9.37 Å². The number of carbonyl (C=O) groups excluding carboxylic acids is 1. The van der Waals surface area contributed by atoms with E-state index in [4.69, 9.17) is 5.10 Å². The van der Waals surface area contributed by atoms with E-state index in [1.165, 1.54) is 19.9 Å². The van der Waals surface area contributed by atoms with Crippen molar-refractivity contribution in [2.75, 3.05) is 11.9 Å². The minimum Gasteiger partial charge on any atom is -0.396 e. The fourth-order valence-electron chi connectivity index (χ4n) is 4.56. The normalized spacial score (nSPS) is 19.4. The first-order valence-electron chi connectivity index (χ1n) is 11.8. The quantitative estimate of drug-likeness (QED) is 0.481. The molecule has 1 fully saturated rings. The van der Waals surface area contributed by atoms with Crippen LogP contribution in [-0.2, 0) is 11.3 Å². The number of nitrogens with one attached hydrogen (secondary N) is 1. The highest BCUT2D eigenvalue weighted by molar-refractivity contribution is 6.04. The standard InChI is InChI=1S/C26H33FN4O3/c1-25(2,27)23-7-5-6-20(28-23)24(33)29-22-12-17-14-31(18-10-8-16(15-32)9-11-18)30-21(17)13-19(22)26(3,4)34/h5-7,12-14,16,18,32,34H,8-11,15H2,1-4H3,(H,29,33). The largest absolute Gasteiger partial charge is 0.396 e. The number of pyridine rings is 1. The number of carbonyl (C=O) groups is 1. The Kier molecular flexibility index (Phi) is 6.48. The van der Waals surface area contributed by atoms with Crippen LogP contribution in [0.3, 0.4) is 0 Å². The van der Waals surface area contributed by atoms with Gasteiger partial charge < -0.3 is 15.5 Å². The Morgan fingerprint density at radius 3 is 2.50 bits per heavy atom. The van der Waals surface area contributed by atoms with Crippen molar-refractivity contribution in [3.8, 4) is 0 Å². The van der Waals surface area contributed by atoms with Gasteiger partial charge in [-0.15, -0.1) is 0 Å². The van der Waals surface area contributed by atoms with Gasteiger partial charge in [0.05, 0.1) is 22.9 Å². The molecule has 7 nitrogen and oxygen atoms in total. The smallest absolute Gasteiger partial charge is 0.274 e. The van der Waals surface area contributed by atoms with Crippen molar-refractivity contribution in [2.24, 2.45) is 5.92 Å². The highest BCUT2D eigenvalue weighted by atomic mass is 19.1. The van der Waals surface area contributed by atoms with Crippen LogP contribution >= 0.6 is 0 Å². The van der Waals surface area contributed by atoms with Gasteiger partial charge in [-0.3, -0.25) is 9.48 Å². The van der Waals surface area contributed by atoms with Gasteiger partial charge in [0.1, 0.15) is 11.4 Å². The van der Waals surface area contributed by atoms with Crippen molar-refractivity contribution in [1.29, 1.82) is 0 Å². The van der Waals surface area contributed by atoms with Crippen LogP contribution in [0.1, 0.15) is 81.2 Å². The van der Waals surface area contributed by atoms with Crippen LogP contribution in [0.4, 0.5) is 10.1 Å². The van der Waals surface area contributed by atoms with Crippen LogP contribution in [-0.4, -0.2) is 37.5 Å². The van der Waals surface area contributed by atoms with Crippen LogP contribution in [0.5, 0.6) is 0 Å². The Labute approximate surface area is 199 Å². The molecule has 0 bridgehead atoms. The van der Waals surface area contributed by atoms with Crippen molar-refractivity contribution in [3.63, 3.8) is 0 Å². The van der Waals surface area contributed by atoms with Crippen LogP contribution in [0, 0.1) is 5.92 Å². The number of nitrogens with zero attached hydrogens (tertiary/aromatic N) is 3. The molecule has 1 saturated carbocycles. The zero-order valence-corrected chi connectivity index (χ0v) is 20.2. The highest BCUT2D eigenvalue weighted by Crippen LogP contribution is 2.35.